The van der Waals surface area contributed by atoms with Gasteiger partial charge in [0.15, 0.2) is 11.5 Å². The van der Waals surface area contributed by atoms with E-state index >= 15 is 0 Å². The molecular formula is C13H20N2O3. The van der Waals surface area contributed by atoms with E-state index in [9.17, 15) is 15.0 Å². The van der Waals surface area contributed by atoms with Crippen molar-refractivity contribution in [1.82, 2.24) is 10.2 Å². The van der Waals surface area contributed by atoms with Crippen LogP contribution in [0.25, 0.3) is 0 Å². The molecule has 0 saturated heterocycles. The Balaban J connectivity index is 2.54. The molecule has 5 heteroatoms. The molecule has 1 amide bonds. The quantitative estimate of drug-likeness (QED) is 0.685. The van der Waals surface area contributed by atoms with Gasteiger partial charge >= 0.3 is 0 Å². The molecule has 1 unspecified atom stereocenters. The minimum atomic E-state index is -0.286. The summed E-state index contributed by atoms with van der Waals surface area (Å²) in [5.74, 6) is -0.270. The third-order valence-corrected chi connectivity index (χ3v) is 2.87. The number of amides is 1. The Kier molecular flexibility index (Phi) is 4.97. The van der Waals surface area contributed by atoms with Crippen molar-refractivity contribution in [1.29, 1.82) is 0 Å². The second-order valence-electron chi connectivity index (χ2n) is 4.28. The molecule has 3 N–H and O–H groups in total. The Bertz CT molecular complexity index is 421. The van der Waals surface area contributed by atoms with Crippen LogP contribution in [0.5, 0.6) is 11.5 Å². The summed E-state index contributed by atoms with van der Waals surface area (Å²) >= 11 is 0. The molecule has 1 rings (SSSR count). The van der Waals surface area contributed by atoms with Gasteiger partial charge in [-0.15, -0.1) is 0 Å². The van der Waals surface area contributed by atoms with Crippen LogP contribution in [0.2, 0.25) is 0 Å². The summed E-state index contributed by atoms with van der Waals surface area (Å²) in [6, 6.07) is 4.31. The molecule has 0 bridgehead atoms. The third kappa shape index (κ3) is 3.63. The lowest BCUT2D eigenvalue weighted by Crippen LogP contribution is -2.42. The highest BCUT2D eigenvalue weighted by atomic mass is 16.3. The smallest absolute Gasteiger partial charge is 0.239 e. The fourth-order valence-electron chi connectivity index (χ4n) is 1.52. The molecule has 0 fully saturated rings. The first-order valence-electron chi connectivity index (χ1n) is 5.95. The van der Waals surface area contributed by atoms with Gasteiger partial charge in [0.25, 0.3) is 0 Å². The highest BCUT2D eigenvalue weighted by molar-refractivity contribution is 5.81. The van der Waals surface area contributed by atoms with Crippen LogP contribution in [0.1, 0.15) is 19.4 Å². The average Bonchev–Trinajstić information content (AvgIpc) is 2.37. The number of rotatable bonds is 5. The Hall–Kier alpha value is -1.75. The van der Waals surface area contributed by atoms with Gasteiger partial charge in [-0.2, -0.15) is 0 Å². The molecule has 100 valence electrons. The van der Waals surface area contributed by atoms with Crippen LogP contribution >= 0.6 is 0 Å². The molecule has 0 saturated carbocycles. The number of phenolic OH excluding ortho intramolecular Hbond substituents is 2. The van der Waals surface area contributed by atoms with Gasteiger partial charge in [0, 0.05) is 20.1 Å². The third-order valence-electron chi connectivity index (χ3n) is 2.87. The monoisotopic (exact) mass is 252 g/mol. The van der Waals surface area contributed by atoms with Crippen LogP contribution in [-0.4, -0.2) is 40.7 Å². The maximum Gasteiger partial charge on any atom is 0.239 e. The Morgan fingerprint density at radius 1 is 1.39 bits per heavy atom. The largest absolute Gasteiger partial charge is 0.504 e. The first-order valence-corrected chi connectivity index (χ1v) is 5.95. The molecular weight excluding hydrogens is 232 g/mol. The first kappa shape index (κ1) is 14.3. The predicted octanol–water partition coefficient (Wildman–Crippen LogP) is 1.05. The molecule has 5 nitrogen and oxygen atoms in total. The van der Waals surface area contributed by atoms with E-state index in [1.807, 2.05) is 6.92 Å². The van der Waals surface area contributed by atoms with E-state index in [1.165, 1.54) is 12.1 Å². The lowest BCUT2D eigenvalue weighted by molar-refractivity contribution is -0.131. The van der Waals surface area contributed by atoms with Gasteiger partial charge in [-0.05, 0) is 31.5 Å². The van der Waals surface area contributed by atoms with E-state index < -0.39 is 0 Å². The number of carbonyl (C=O) groups excluding carboxylic acids is 1. The summed E-state index contributed by atoms with van der Waals surface area (Å²) in [5.41, 5.74) is 0.809. The lowest BCUT2D eigenvalue weighted by atomic mass is 10.2. The second-order valence-corrected chi connectivity index (χ2v) is 4.28. The van der Waals surface area contributed by atoms with Crippen LogP contribution in [0.4, 0.5) is 0 Å². The number of nitrogens with one attached hydrogen (secondary N) is 1. The maximum atomic E-state index is 11.8. The molecule has 0 aromatic heterocycles. The van der Waals surface area contributed by atoms with Crippen molar-refractivity contribution in [2.24, 2.45) is 0 Å². The van der Waals surface area contributed by atoms with Crippen molar-refractivity contribution in [2.45, 2.75) is 26.4 Å². The average molecular weight is 252 g/mol. The Morgan fingerprint density at radius 2 is 2.06 bits per heavy atom. The van der Waals surface area contributed by atoms with Crippen molar-refractivity contribution < 1.29 is 15.0 Å². The molecule has 1 aromatic rings. The second kappa shape index (κ2) is 6.26. The zero-order chi connectivity index (χ0) is 13.7. The first-order chi connectivity index (χ1) is 8.45. The van der Waals surface area contributed by atoms with Crippen LogP contribution < -0.4 is 5.32 Å². The molecule has 0 spiro atoms. The molecule has 18 heavy (non-hydrogen) atoms. The zero-order valence-corrected chi connectivity index (χ0v) is 11.0. The van der Waals surface area contributed by atoms with Gasteiger partial charge in [0.05, 0.1) is 6.04 Å². The van der Waals surface area contributed by atoms with Gasteiger partial charge in [-0.1, -0.05) is 6.07 Å². The molecule has 0 aliphatic heterocycles. The lowest BCUT2D eigenvalue weighted by Gasteiger charge is -2.20. The Labute approximate surface area is 107 Å². The molecule has 0 aliphatic rings. The highest BCUT2D eigenvalue weighted by Gasteiger charge is 2.15. The predicted molar refractivity (Wildman–Crippen MR) is 69.4 cm³/mol. The summed E-state index contributed by atoms with van der Waals surface area (Å²) in [6.45, 7) is 4.85. The van der Waals surface area contributed by atoms with Gasteiger partial charge < -0.3 is 20.4 Å². The number of likely N-dealkylation sites (N-methyl/N-ethyl adjacent to an activating group) is 1. The van der Waals surface area contributed by atoms with Crippen LogP contribution in [0.3, 0.4) is 0 Å². The van der Waals surface area contributed by atoms with E-state index in [0.717, 1.165) is 5.56 Å². The zero-order valence-electron chi connectivity index (χ0n) is 11.0. The van der Waals surface area contributed by atoms with Crippen molar-refractivity contribution in [3.8, 4) is 11.5 Å². The van der Waals surface area contributed by atoms with Gasteiger partial charge in [0.1, 0.15) is 0 Å². The molecule has 0 aliphatic carbocycles. The van der Waals surface area contributed by atoms with Crippen molar-refractivity contribution in [3.05, 3.63) is 23.8 Å². The number of nitrogens with zero attached hydrogens (tertiary/aromatic N) is 1. The van der Waals surface area contributed by atoms with E-state index in [1.54, 1.807) is 24.9 Å². The van der Waals surface area contributed by atoms with E-state index in [4.69, 9.17) is 0 Å². The van der Waals surface area contributed by atoms with Gasteiger partial charge in [0.2, 0.25) is 5.91 Å². The molecule has 1 atom stereocenters. The van der Waals surface area contributed by atoms with E-state index in [2.05, 4.69) is 5.32 Å². The normalized spacial score (nSPS) is 12.2. The van der Waals surface area contributed by atoms with Crippen molar-refractivity contribution in [3.63, 3.8) is 0 Å². The number of hydrogen-bond acceptors (Lipinski definition) is 4. The number of carbonyl (C=O) groups is 1. The Morgan fingerprint density at radius 3 is 2.61 bits per heavy atom. The molecule has 0 radical (unpaired) electrons. The highest BCUT2D eigenvalue weighted by Crippen LogP contribution is 2.24. The number of hydrogen-bond donors (Lipinski definition) is 3. The van der Waals surface area contributed by atoms with E-state index in [0.29, 0.717) is 13.1 Å². The fraction of sp³-hybridized carbons (Fsp3) is 0.462. The van der Waals surface area contributed by atoms with Crippen LogP contribution in [0.15, 0.2) is 18.2 Å². The number of benzene rings is 1. The van der Waals surface area contributed by atoms with Crippen LogP contribution in [-0.2, 0) is 11.3 Å². The number of phenols is 2. The maximum absolute atomic E-state index is 11.8. The van der Waals surface area contributed by atoms with Gasteiger partial charge in [-0.3, -0.25) is 4.79 Å². The molecule has 1 aromatic carbocycles. The summed E-state index contributed by atoms with van der Waals surface area (Å²) in [7, 11) is 1.76. The standard InChI is InChI=1S/C13H20N2O3/c1-4-15(3)13(18)9(2)14-8-10-5-6-11(16)12(17)7-10/h5-7,9,14,16-17H,4,8H2,1-3H3. The van der Waals surface area contributed by atoms with E-state index in [-0.39, 0.29) is 23.4 Å². The SMILES string of the molecule is CCN(C)C(=O)C(C)NCc1ccc(O)c(O)c1. The van der Waals surface area contributed by atoms with Crippen LogP contribution in [0, 0.1) is 0 Å². The minimum absolute atomic E-state index is 0.0282. The summed E-state index contributed by atoms with van der Waals surface area (Å²) in [6.07, 6.45) is 0. The summed E-state index contributed by atoms with van der Waals surface area (Å²) < 4.78 is 0. The topological polar surface area (TPSA) is 72.8 Å². The summed E-state index contributed by atoms with van der Waals surface area (Å²) in [4.78, 5) is 13.4. The summed E-state index contributed by atoms with van der Waals surface area (Å²) in [5, 5.41) is 21.6. The molecule has 0 heterocycles. The number of aromatic hydroxyl groups is 2. The van der Waals surface area contributed by atoms with Crippen molar-refractivity contribution in [2.75, 3.05) is 13.6 Å². The minimum Gasteiger partial charge on any atom is -0.504 e. The van der Waals surface area contributed by atoms with Gasteiger partial charge in [-0.25, -0.2) is 0 Å². The fourth-order valence-corrected chi connectivity index (χ4v) is 1.52. The van der Waals surface area contributed by atoms with Crippen molar-refractivity contribution >= 4 is 5.91 Å².